The molecule has 1 N–H and O–H groups in total. The van der Waals surface area contributed by atoms with Gasteiger partial charge >= 0.3 is 0 Å². The molecule has 0 spiro atoms. The Kier molecular flexibility index (Phi) is 7.75. The lowest BCUT2D eigenvalue weighted by Crippen LogP contribution is -2.35. The molecule has 2 aromatic rings. The average molecular weight is 454 g/mol. The number of aryl methyl sites for hydroxylation is 1. The molecule has 0 aliphatic heterocycles. The van der Waals surface area contributed by atoms with Gasteiger partial charge in [0.05, 0.1) is 16.3 Å². The van der Waals surface area contributed by atoms with E-state index in [9.17, 15) is 21.6 Å². The minimum Gasteiger partial charge on any atom is -0.325 e. The second-order valence-corrected chi connectivity index (χ2v) is 10.7. The highest BCUT2D eigenvalue weighted by Gasteiger charge is 2.24. The van der Waals surface area contributed by atoms with E-state index in [0.29, 0.717) is 18.8 Å². The van der Waals surface area contributed by atoms with E-state index in [0.717, 1.165) is 9.87 Å². The summed E-state index contributed by atoms with van der Waals surface area (Å²) in [7, 11) is -6.05. The summed E-state index contributed by atoms with van der Waals surface area (Å²) in [4.78, 5) is 12.5. The number of rotatable bonds is 9. The number of anilines is 1. The van der Waals surface area contributed by atoms with E-state index < -0.39 is 26.0 Å². The maximum absolute atomic E-state index is 12.6. The predicted molar refractivity (Wildman–Crippen MR) is 116 cm³/mol. The van der Waals surface area contributed by atoms with E-state index in [2.05, 4.69) is 5.32 Å². The quantitative estimate of drug-likeness (QED) is 0.627. The zero-order valence-corrected chi connectivity index (χ0v) is 19.1. The third kappa shape index (κ3) is 5.45. The molecule has 164 valence electrons. The van der Waals surface area contributed by atoms with Crippen molar-refractivity contribution in [2.24, 2.45) is 0 Å². The molecule has 2 aromatic carbocycles. The summed E-state index contributed by atoms with van der Waals surface area (Å²) >= 11 is 0. The Morgan fingerprint density at radius 3 is 1.80 bits per heavy atom. The van der Waals surface area contributed by atoms with Gasteiger partial charge in [0.2, 0.25) is 26.0 Å². The first-order valence-electron chi connectivity index (χ1n) is 9.45. The lowest BCUT2D eigenvalue weighted by Gasteiger charge is -2.19. The van der Waals surface area contributed by atoms with Crippen LogP contribution in [0.15, 0.2) is 58.3 Å². The largest absolute Gasteiger partial charge is 0.325 e. The molecule has 1 amide bonds. The Labute approximate surface area is 178 Å². The first-order chi connectivity index (χ1) is 14.0. The van der Waals surface area contributed by atoms with Gasteiger partial charge in [0.25, 0.3) is 0 Å². The van der Waals surface area contributed by atoms with Gasteiger partial charge in [-0.25, -0.2) is 16.8 Å². The lowest BCUT2D eigenvalue weighted by molar-refractivity contribution is -0.116. The Hall–Kier alpha value is -2.27. The van der Waals surface area contributed by atoms with E-state index in [-0.39, 0.29) is 16.3 Å². The standard InChI is InChI=1S/C20H27N3O5S2/c1-5-23(6-2)30(27,28)19-13-9-17(10-14-19)21-20(24)15-22(4)29(25,26)18-11-7-16(3)8-12-18/h7-14H,5-6,15H2,1-4H3,(H,21,24). The molecule has 0 aromatic heterocycles. The van der Waals surface area contributed by atoms with E-state index in [1.807, 2.05) is 6.92 Å². The normalized spacial score (nSPS) is 12.3. The van der Waals surface area contributed by atoms with Crippen molar-refractivity contribution in [1.29, 1.82) is 0 Å². The van der Waals surface area contributed by atoms with Crippen LogP contribution in [0.25, 0.3) is 0 Å². The smallest absolute Gasteiger partial charge is 0.243 e. The highest BCUT2D eigenvalue weighted by Crippen LogP contribution is 2.19. The monoisotopic (exact) mass is 453 g/mol. The number of carbonyl (C=O) groups is 1. The zero-order chi connectivity index (χ0) is 22.5. The summed E-state index contributed by atoms with van der Waals surface area (Å²) in [5.41, 5.74) is 1.31. The third-order valence-electron chi connectivity index (χ3n) is 4.58. The van der Waals surface area contributed by atoms with Crippen LogP contribution in [0, 0.1) is 6.92 Å². The minimum absolute atomic E-state index is 0.106. The van der Waals surface area contributed by atoms with Crippen LogP contribution in [0.1, 0.15) is 19.4 Å². The Bertz CT molecular complexity index is 1080. The van der Waals surface area contributed by atoms with Gasteiger partial charge in [0, 0.05) is 25.8 Å². The summed E-state index contributed by atoms with van der Waals surface area (Å²) in [6, 6.07) is 12.1. The van der Waals surface area contributed by atoms with Gasteiger partial charge in [-0.1, -0.05) is 31.5 Å². The number of carbonyl (C=O) groups excluding carboxylic acids is 1. The van der Waals surface area contributed by atoms with E-state index in [1.54, 1.807) is 26.0 Å². The summed E-state index contributed by atoms with van der Waals surface area (Å²) < 4.78 is 52.5. The number of amides is 1. The third-order valence-corrected chi connectivity index (χ3v) is 8.46. The van der Waals surface area contributed by atoms with Crippen LogP contribution in [0.3, 0.4) is 0 Å². The van der Waals surface area contributed by atoms with Gasteiger partial charge in [0.1, 0.15) is 0 Å². The van der Waals surface area contributed by atoms with Crippen molar-refractivity contribution in [3.05, 3.63) is 54.1 Å². The molecule has 0 atom stereocenters. The van der Waals surface area contributed by atoms with Crippen LogP contribution in [-0.2, 0) is 24.8 Å². The first-order valence-corrected chi connectivity index (χ1v) is 12.3. The number of likely N-dealkylation sites (N-methyl/N-ethyl adjacent to an activating group) is 1. The van der Waals surface area contributed by atoms with Crippen LogP contribution < -0.4 is 5.32 Å². The summed E-state index contributed by atoms with van der Waals surface area (Å²) in [5, 5.41) is 2.59. The number of nitrogens with zero attached hydrogens (tertiary/aromatic N) is 2. The number of nitrogens with one attached hydrogen (secondary N) is 1. The molecule has 30 heavy (non-hydrogen) atoms. The molecular weight excluding hydrogens is 426 g/mol. The van der Waals surface area contributed by atoms with Crippen molar-refractivity contribution >= 4 is 31.6 Å². The molecule has 0 saturated carbocycles. The van der Waals surface area contributed by atoms with Gasteiger partial charge in [0.15, 0.2) is 0 Å². The van der Waals surface area contributed by atoms with E-state index >= 15 is 0 Å². The van der Waals surface area contributed by atoms with Gasteiger partial charge in [-0.2, -0.15) is 8.61 Å². The number of benzene rings is 2. The molecular formula is C20H27N3O5S2. The SMILES string of the molecule is CCN(CC)S(=O)(=O)c1ccc(NC(=O)CN(C)S(=O)(=O)c2ccc(C)cc2)cc1. The topological polar surface area (TPSA) is 104 Å². The first kappa shape index (κ1) is 24.0. The van der Waals surface area contributed by atoms with Crippen molar-refractivity contribution in [2.45, 2.75) is 30.6 Å². The van der Waals surface area contributed by atoms with Crippen LogP contribution in [0.5, 0.6) is 0 Å². The number of hydrogen-bond acceptors (Lipinski definition) is 5. The van der Waals surface area contributed by atoms with Gasteiger partial charge in [-0.05, 0) is 43.3 Å². The van der Waals surface area contributed by atoms with Crippen LogP contribution in [0.4, 0.5) is 5.69 Å². The Balaban J connectivity index is 2.07. The van der Waals surface area contributed by atoms with Crippen LogP contribution >= 0.6 is 0 Å². The minimum atomic E-state index is -3.80. The second-order valence-electron chi connectivity index (χ2n) is 6.74. The molecule has 0 aliphatic rings. The van der Waals surface area contributed by atoms with Crippen LogP contribution in [-0.4, -0.2) is 58.0 Å². The molecule has 0 unspecified atom stereocenters. The van der Waals surface area contributed by atoms with E-state index in [4.69, 9.17) is 0 Å². The molecule has 10 heteroatoms. The Morgan fingerprint density at radius 1 is 0.833 bits per heavy atom. The molecule has 0 fully saturated rings. The summed E-state index contributed by atoms with van der Waals surface area (Å²) in [5.74, 6) is -0.535. The van der Waals surface area contributed by atoms with Crippen molar-refractivity contribution < 1.29 is 21.6 Å². The molecule has 0 radical (unpaired) electrons. The zero-order valence-electron chi connectivity index (χ0n) is 17.5. The number of sulfonamides is 2. The van der Waals surface area contributed by atoms with Crippen molar-refractivity contribution in [3.8, 4) is 0 Å². The molecule has 2 rings (SSSR count). The highest BCUT2D eigenvalue weighted by molar-refractivity contribution is 7.89. The average Bonchev–Trinajstić information content (AvgIpc) is 2.69. The van der Waals surface area contributed by atoms with Gasteiger partial charge < -0.3 is 5.32 Å². The lowest BCUT2D eigenvalue weighted by atomic mass is 10.2. The fourth-order valence-corrected chi connectivity index (χ4v) is 5.39. The fraction of sp³-hybridized carbons (Fsp3) is 0.350. The Morgan fingerprint density at radius 2 is 1.30 bits per heavy atom. The highest BCUT2D eigenvalue weighted by atomic mass is 32.2. The van der Waals surface area contributed by atoms with Crippen molar-refractivity contribution in [1.82, 2.24) is 8.61 Å². The molecule has 0 aliphatic carbocycles. The van der Waals surface area contributed by atoms with Gasteiger partial charge in [-0.15, -0.1) is 0 Å². The molecule has 0 heterocycles. The van der Waals surface area contributed by atoms with Crippen LogP contribution in [0.2, 0.25) is 0 Å². The fourth-order valence-electron chi connectivity index (χ4n) is 2.80. The maximum Gasteiger partial charge on any atom is 0.243 e. The summed E-state index contributed by atoms with van der Waals surface area (Å²) in [6.07, 6.45) is 0. The van der Waals surface area contributed by atoms with E-state index in [1.165, 1.54) is 47.8 Å². The summed E-state index contributed by atoms with van der Waals surface area (Å²) in [6.45, 7) is 5.72. The predicted octanol–water partition coefficient (Wildman–Crippen LogP) is 2.28. The molecule has 0 bridgehead atoms. The maximum atomic E-state index is 12.6. The van der Waals surface area contributed by atoms with Crippen molar-refractivity contribution in [3.63, 3.8) is 0 Å². The molecule has 0 saturated heterocycles. The number of hydrogen-bond donors (Lipinski definition) is 1. The van der Waals surface area contributed by atoms with Gasteiger partial charge in [-0.3, -0.25) is 4.79 Å². The second kappa shape index (κ2) is 9.69. The van der Waals surface area contributed by atoms with Crippen molar-refractivity contribution in [2.75, 3.05) is 32.0 Å². The molecule has 8 nitrogen and oxygen atoms in total.